The third kappa shape index (κ3) is 5.93. The lowest BCUT2D eigenvalue weighted by Crippen LogP contribution is -2.30. The van der Waals surface area contributed by atoms with Gasteiger partial charge in [0, 0.05) is 5.69 Å². The number of nitrogens with one attached hydrogen (secondary N) is 2. The average Bonchev–Trinajstić information content (AvgIpc) is 2.77. The molecule has 0 spiro atoms. The van der Waals surface area contributed by atoms with Gasteiger partial charge in [-0.05, 0) is 73.7 Å². The summed E-state index contributed by atoms with van der Waals surface area (Å²) in [5.41, 5.74) is 3.77. The summed E-state index contributed by atoms with van der Waals surface area (Å²) in [5.74, 6) is 0.620. The van der Waals surface area contributed by atoms with Crippen molar-refractivity contribution in [3.05, 3.63) is 83.4 Å². The highest BCUT2D eigenvalue weighted by Crippen LogP contribution is 2.27. The van der Waals surface area contributed by atoms with Crippen LogP contribution >= 0.6 is 0 Å². The lowest BCUT2D eigenvalue weighted by atomic mass is 10.0. The molecule has 0 fully saturated rings. The Morgan fingerprint density at radius 3 is 2.06 bits per heavy atom. The highest BCUT2D eigenvalue weighted by molar-refractivity contribution is 7.92. The summed E-state index contributed by atoms with van der Waals surface area (Å²) >= 11 is 0. The number of hydrogen-bond acceptors (Lipinski definition) is 4. The van der Waals surface area contributed by atoms with Crippen molar-refractivity contribution in [2.75, 3.05) is 10.0 Å². The smallest absolute Gasteiger partial charge is 0.265 e. The monoisotopic (exact) mass is 466 g/mol. The van der Waals surface area contributed by atoms with Crippen LogP contribution in [0.1, 0.15) is 43.4 Å². The summed E-state index contributed by atoms with van der Waals surface area (Å²) < 4.78 is 34.2. The Balaban J connectivity index is 1.68. The molecule has 2 N–H and O–H groups in total. The van der Waals surface area contributed by atoms with Crippen LogP contribution in [0.2, 0.25) is 0 Å². The Hall–Kier alpha value is -3.32. The summed E-state index contributed by atoms with van der Waals surface area (Å²) in [4.78, 5) is 12.7. The van der Waals surface area contributed by atoms with Crippen molar-refractivity contribution in [1.82, 2.24) is 0 Å². The third-order valence-corrected chi connectivity index (χ3v) is 6.73. The van der Waals surface area contributed by atoms with Crippen molar-refractivity contribution in [1.29, 1.82) is 0 Å². The molecular weight excluding hydrogens is 436 g/mol. The van der Waals surface area contributed by atoms with Crippen molar-refractivity contribution in [2.24, 2.45) is 0 Å². The van der Waals surface area contributed by atoms with E-state index in [9.17, 15) is 13.2 Å². The molecule has 3 rings (SSSR count). The highest BCUT2D eigenvalue weighted by Gasteiger charge is 2.19. The number of rotatable bonds is 8. The van der Waals surface area contributed by atoms with E-state index in [2.05, 4.69) is 23.9 Å². The van der Waals surface area contributed by atoms with Gasteiger partial charge < -0.3 is 10.1 Å². The van der Waals surface area contributed by atoms with Gasteiger partial charge in [0.1, 0.15) is 5.75 Å². The Morgan fingerprint density at radius 2 is 1.45 bits per heavy atom. The quantitative estimate of drug-likeness (QED) is 0.450. The molecule has 174 valence electrons. The summed E-state index contributed by atoms with van der Waals surface area (Å²) in [7, 11) is -3.76. The molecule has 0 unspecified atom stereocenters. The number of aryl methyl sites for hydroxylation is 2. The molecule has 3 aromatic carbocycles. The molecule has 0 aliphatic carbocycles. The SMILES string of the molecule is Cc1cccc(C)c1NS(=O)(=O)c1ccc(NC(=O)[C@@H](C)Oc2ccccc2C(C)C)cc1. The minimum Gasteiger partial charge on any atom is -0.481 e. The summed E-state index contributed by atoms with van der Waals surface area (Å²) in [6.07, 6.45) is -0.723. The molecule has 0 saturated heterocycles. The summed E-state index contributed by atoms with van der Waals surface area (Å²) in [5, 5.41) is 2.78. The minimum absolute atomic E-state index is 0.110. The normalized spacial score (nSPS) is 12.3. The number of para-hydroxylation sites is 2. The van der Waals surface area contributed by atoms with Crippen LogP contribution in [0.25, 0.3) is 0 Å². The molecule has 0 bridgehead atoms. The van der Waals surface area contributed by atoms with Gasteiger partial charge in [-0.15, -0.1) is 0 Å². The third-order valence-electron chi connectivity index (χ3n) is 5.36. The van der Waals surface area contributed by atoms with E-state index in [0.29, 0.717) is 17.1 Å². The van der Waals surface area contributed by atoms with Gasteiger partial charge in [0.2, 0.25) is 0 Å². The van der Waals surface area contributed by atoms with Gasteiger partial charge in [0.25, 0.3) is 15.9 Å². The number of hydrogen-bond donors (Lipinski definition) is 2. The molecule has 0 saturated carbocycles. The largest absolute Gasteiger partial charge is 0.481 e. The van der Waals surface area contributed by atoms with Gasteiger partial charge in [-0.1, -0.05) is 50.2 Å². The second-order valence-corrected chi connectivity index (χ2v) is 10.0. The number of anilines is 2. The Kier molecular flexibility index (Phi) is 7.43. The predicted molar refractivity (Wildman–Crippen MR) is 132 cm³/mol. The molecule has 1 amide bonds. The summed E-state index contributed by atoms with van der Waals surface area (Å²) in [6.45, 7) is 9.52. The number of benzene rings is 3. The van der Waals surface area contributed by atoms with Crippen molar-refractivity contribution in [2.45, 2.75) is 51.5 Å². The second-order valence-electron chi connectivity index (χ2n) is 8.34. The molecule has 1 atom stereocenters. The number of sulfonamides is 1. The maximum absolute atomic E-state index is 12.8. The first-order valence-corrected chi connectivity index (χ1v) is 12.3. The maximum Gasteiger partial charge on any atom is 0.265 e. The van der Waals surface area contributed by atoms with Gasteiger partial charge in [0.05, 0.1) is 10.6 Å². The minimum atomic E-state index is -3.76. The fourth-order valence-electron chi connectivity index (χ4n) is 3.44. The predicted octanol–water partition coefficient (Wildman–Crippen LogP) is 5.63. The van der Waals surface area contributed by atoms with Gasteiger partial charge in [-0.25, -0.2) is 8.42 Å². The molecule has 0 heterocycles. The second kappa shape index (κ2) is 10.1. The molecule has 0 aliphatic heterocycles. The zero-order valence-electron chi connectivity index (χ0n) is 19.5. The van der Waals surface area contributed by atoms with Crippen LogP contribution in [0.4, 0.5) is 11.4 Å². The zero-order chi connectivity index (χ0) is 24.2. The van der Waals surface area contributed by atoms with Crippen LogP contribution in [0.3, 0.4) is 0 Å². The Bertz CT molecular complexity index is 1220. The topological polar surface area (TPSA) is 84.5 Å². The van der Waals surface area contributed by atoms with E-state index >= 15 is 0 Å². The van der Waals surface area contributed by atoms with E-state index in [1.54, 1.807) is 19.1 Å². The van der Waals surface area contributed by atoms with Crippen LogP contribution in [-0.2, 0) is 14.8 Å². The number of ether oxygens (including phenoxy) is 1. The van der Waals surface area contributed by atoms with E-state index in [-0.39, 0.29) is 16.7 Å². The van der Waals surface area contributed by atoms with E-state index in [4.69, 9.17) is 4.74 Å². The van der Waals surface area contributed by atoms with E-state index in [1.165, 1.54) is 12.1 Å². The number of carbonyl (C=O) groups excluding carboxylic acids is 1. The van der Waals surface area contributed by atoms with Crippen LogP contribution in [-0.4, -0.2) is 20.4 Å². The van der Waals surface area contributed by atoms with Crippen LogP contribution < -0.4 is 14.8 Å². The molecule has 0 aliphatic rings. The standard InChI is InChI=1S/C26H30N2O4S/c1-17(2)23-11-6-7-12-24(23)32-20(5)26(29)27-21-13-15-22(16-14-21)33(30,31)28-25-18(3)9-8-10-19(25)4/h6-17,20,28H,1-5H3,(H,27,29)/t20-/m1/s1. The molecular formula is C26H30N2O4S. The number of amides is 1. The van der Waals surface area contributed by atoms with Crippen LogP contribution in [0, 0.1) is 13.8 Å². The zero-order valence-corrected chi connectivity index (χ0v) is 20.4. The van der Waals surface area contributed by atoms with Crippen molar-refractivity contribution in [3.8, 4) is 5.75 Å². The van der Waals surface area contributed by atoms with E-state index in [1.807, 2.05) is 56.3 Å². The molecule has 7 heteroatoms. The van der Waals surface area contributed by atoms with Gasteiger partial charge in [-0.3, -0.25) is 9.52 Å². The Labute approximate surface area is 196 Å². The first-order valence-electron chi connectivity index (χ1n) is 10.8. The number of carbonyl (C=O) groups is 1. The lowest BCUT2D eigenvalue weighted by molar-refractivity contribution is -0.122. The van der Waals surface area contributed by atoms with Crippen molar-refractivity contribution < 1.29 is 17.9 Å². The van der Waals surface area contributed by atoms with Crippen molar-refractivity contribution >= 4 is 27.3 Å². The molecule has 6 nitrogen and oxygen atoms in total. The maximum atomic E-state index is 12.8. The van der Waals surface area contributed by atoms with E-state index in [0.717, 1.165) is 16.7 Å². The van der Waals surface area contributed by atoms with Crippen LogP contribution in [0.5, 0.6) is 5.75 Å². The lowest BCUT2D eigenvalue weighted by Gasteiger charge is -2.19. The van der Waals surface area contributed by atoms with Gasteiger partial charge >= 0.3 is 0 Å². The molecule has 0 aromatic heterocycles. The van der Waals surface area contributed by atoms with Gasteiger partial charge in [-0.2, -0.15) is 0 Å². The fourth-order valence-corrected chi connectivity index (χ4v) is 4.64. The molecule has 3 aromatic rings. The average molecular weight is 467 g/mol. The molecule has 0 radical (unpaired) electrons. The fraction of sp³-hybridized carbons (Fsp3) is 0.269. The highest BCUT2D eigenvalue weighted by atomic mass is 32.2. The summed E-state index contributed by atoms with van der Waals surface area (Å²) in [6, 6.07) is 19.3. The van der Waals surface area contributed by atoms with E-state index < -0.39 is 16.1 Å². The Morgan fingerprint density at radius 1 is 0.848 bits per heavy atom. The first kappa shape index (κ1) is 24.3. The van der Waals surface area contributed by atoms with Crippen molar-refractivity contribution in [3.63, 3.8) is 0 Å². The molecule has 33 heavy (non-hydrogen) atoms. The van der Waals surface area contributed by atoms with Gasteiger partial charge in [0.15, 0.2) is 6.10 Å². The van der Waals surface area contributed by atoms with Crippen LogP contribution in [0.15, 0.2) is 71.6 Å². The first-order chi connectivity index (χ1) is 15.6.